The first-order valence-electron chi connectivity index (χ1n) is 9.13. The minimum atomic E-state index is 1.27. The summed E-state index contributed by atoms with van der Waals surface area (Å²) in [6.45, 7) is 6.57. The summed E-state index contributed by atoms with van der Waals surface area (Å²) < 4.78 is 2.43. The van der Waals surface area contributed by atoms with Gasteiger partial charge in [0.2, 0.25) is 0 Å². The highest BCUT2D eigenvalue weighted by Crippen LogP contribution is 2.35. The molecule has 5 rings (SSSR count). The molecule has 26 heavy (non-hydrogen) atoms. The number of hydrogen-bond donors (Lipinski definition) is 0. The van der Waals surface area contributed by atoms with Crippen LogP contribution < -0.4 is 0 Å². The zero-order valence-corrected chi connectivity index (χ0v) is 15.4. The van der Waals surface area contributed by atoms with Gasteiger partial charge in [0.15, 0.2) is 0 Å². The number of para-hydroxylation sites is 1. The van der Waals surface area contributed by atoms with Crippen molar-refractivity contribution in [2.45, 2.75) is 20.8 Å². The molecule has 0 radical (unpaired) electrons. The van der Waals surface area contributed by atoms with Gasteiger partial charge in [0.25, 0.3) is 0 Å². The van der Waals surface area contributed by atoms with Gasteiger partial charge in [-0.05, 0) is 72.5 Å². The Balaban J connectivity index is 1.98. The molecule has 0 aliphatic carbocycles. The predicted molar refractivity (Wildman–Crippen MR) is 112 cm³/mol. The van der Waals surface area contributed by atoms with Crippen LogP contribution in [0.25, 0.3) is 38.3 Å². The van der Waals surface area contributed by atoms with Crippen molar-refractivity contribution in [2.24, 2.45) is 0 Å². The summed E-state index contributed by atoms with van der Waals surface area (Å²) in [6.07, 6.45) is 0. The van der Waals surface area contributed by atoms with Gasteiger partial charge >= 0.3 is 0 Å². The summed E-state index contributed by atoms with van der Waals surface area (Å²) in [7, 11) is 0. The third kappa shape index (κ3) is 2.10. The highest BCUT2D eigenvalue weighted by atomic mass is 15.0. The number of benzene rings is 4. The molecule has 4 aromatic carbocycles. The van der Waals surface area contributed by atoms with Gasteiger partial charge in [0, 0.05) is 16.5 Å². The lowest BCUT2D eigenvalue weighted by Gasteiger charge is -2.14. The van der Waals surface area contributed by atoms with Crippen LogP contribution in [0, 0.1) is 20.8 Å². The normalized spacial score (nSPS) is 11.7. The lowest BCUT2D eigenvalue weighted by Crippen LogP contribution is -1.98. The Hall–Kier alpha value is -3.06. The Morgan fingerprint density at radius 1 is 0.577 bits per heavy atom. The minimum Gasteiger partial charge on any atom is -0.309 e. The highest BCUT2D eigenvalue weighted by molar-refractivity contribution is 6.09. The number of rotatable bonds is 1. The van der Waals surface area contributed by atoms with Gasteiger partial charge in [-0.1, -0.05) is 48.5 Å². The summed E-state index contributed by atoms with van der Waals surface area (Å²) in [5, 5.41) is 5.26. The Labute approximate surface area is 153 Å². The fourth-order valence-corrected chi connectivity index (χ4v) is 4.17. The Bertz CT molecular complexity index is 1300. The van der Waals surface area contributed by atoms with Gasteiger partial charge < -0.3 is 4.57 Å². The van der Waals surface area contributed by atoms with Gasteiger partial charge in [-0.2, -0.15) is 0 Å². The largest absolute Gasteiger partial charge is 0.309 e. The molecule has 0 bridgehead atoms. The van der Waals surface area contributed by atoms with E-state index in [4.69, 9.17) is 0 Å². The SMILES string of the molecule is Cc1ccc2c3ccccc3n(-c3cc4c(C)cccc4cc3C)c2c1. The topological polar surface area (TPSA) is 4.93 Å². The van der Waals surface area contributed by atoms with E-state index in [-0.39, 0.29) is 0 Å². The van der Waals surface area contributed by atoms with Crippen molar-refractivity contribution in [1.82, 2.24) is 4.57 Å². The fraction of sp³-hybridized carbons (Fsp3) is 0.120. The van der Waals surface area contributed by atoms with E-state index in [1.54, 1.807) is 0 Å². The molecule has 0 N–H and O–H groups in total. The van der Waals surface area contributed by atoms with Crippen LogP contribution in [-0.4, -0.2) is 4.57 Å². The van der Waals surface area contributed by atoms with E-state index >= 15 is 0 Å². The van der Waals surface area contributed by atoms with Crippen LogP contribution in [0.3, 0.4) is 0 Å². The number of fused-ring (bicyclic) bond motifs is 4. The van der Waals surface area contributed by atoms with Gasteiger partial charge in [-0.15, -0.1) is 0 Å². The molecular formula is C25H21N. The Morgan fingerprint density at radius 3 is 2.27 bits per heavy atom. The number of aryl methyl sites for hydroxylation is 3. The van der Waals surface area contributed by atoms with Crippen LogP contribution >= 0.6 is 0 Å². The van der Waals surface area contributed by atoms with E-state index in [1.807, 2.05) is 0 Å². The summed E-state index contributed by atoms with van der Waals surface area (Å²) >= 11 is 0. The van der Waals surface area contributed by atoms with Crippen LogP contribution in [-0.2, 0) is 0 Å². The molecule has 0 atom stereocenters. The van der Waals surface area contributed by atoms with Crippen LogP contribution in [0.4, 0.5) is 0 Å². The zero-order chi connectivity index (χ0) is 17.8. The Kier molecular flexibility index (Phi) is 3.20. The van der Waals surface area contributed by atoms with E-state index in [0.717, 1.165) is 0 Å². The second-order valence-electron chi connectivity index (χ2n) is 7.31. The van der Waals surface area contributed by atoms with Gasteiger partial charge in [0.05, 0.1) is 11.0 Å². The smallest absolute Gasteiger partial charge is 0.0543 e. The molecule has 1 aromatic heterocycles. The molecule has 5 aromatic rings. The van der Waals surface area contributed by atoms with E-state index in [9.17, 15) is 0 Å². The van der Waals surface area contributed by atoms with Crippen molar-refractivity contribution in [2.75, 3.05) is 0 Å². The standard InChI is InChI=1S/C25H21N/c1-16-11-12-21-20-9-4-5-10-23(20)26(25(21)13-16)24-15-22-17(2)7-6-8-19(22)14-18(24)3/h4-15H,1-3H3. The van der Waals surface area contributed by atoms with Gasteiger partial charge in [0.1, 0.15) is 0 Å². The number of hydrogen-bond acceptors (Lipinski definition) is 0. The number of nitrogens with zero attached hydrogens (tertiary/aromatic N) is 1. The molecule has 0 saturated heterocycles. The molecule has 0 amide bonds. The van der Waals surface area contributed by atoms with Crippen molar-refractivity contribution >= 4 is 32.6 Å². The maximum Gasteiger partial charge on any atom is 0.0543 e. The van der Waals surface area contributed by atoms with Crippen LogP contribution in [0.1, 0.15) is 16.7 Å². The first-order valence-corrected chi connectivity index (χ1v) is 9.13. The summed E-state index contributed by atoms with van der Waals surface area (Å²) in [5.41, 5.74) is 7.72. The quantitative estimate of drug-likeness (QED) is 0.315. The summed E-state index contributed by atoms with van der Waals surface area (Å²) in [5.74, 6) is 0. The van der Waals surface area contributed by atoms with E-state index in [0.29, 0.717) is 0 Å². The Morgan fingerprint density at radius 2 is 1.38 bits per heavy atom. The van der Waals surface area contributed by atoms with Crippen molar-refractivity contribution in [3.8, 4) is 5.69 Å². The first-order chi connectivity index (χ1) is 12.6. The minimum absolute atomic E-state index is 1.27. The summed E-state index contributed by atoms with van der Waals surface area (Å²) in [4.78, 5) is 0. The van der Waals surface area contributed by atoms with Crippen molar-refractivity contribution < 1.29 is 0 Å². The molecule has 0 spiro atoms. The van der Waals surface area contributed by atoms with Crippen molar-refractivity contribution in [3.63, 3.8) is 0 Å². The molecular weight excluding hydrogens is 314 g/mol. The molecule has 1 nitrogen and oxygen atoms in total. The first kappa shape index (κ1) is 15.2. The third-order valence-electron chi connectivity index (χ3n) is 5.49. The van der Waals surface area contributed by atoms with Crippen LogP contribution in [0.15, 0.2) is 72.8 Å². The molecule has 1 heteroatoms. The van der Waals surface area contributed by atoms with Crippen molar-refractivity contribution in [3.05, 3.63) is 89.5 Å². The average Bonchev–Trinajstić information content (AvgIpc) is 2.95. The molecule has 126 valence electrons. The van der Waals surface area contributed by atoms with Crippen LogP contribution in [0.2, 0.25) is 0 Å². The van der Waals surface area contributed by atoms with Crippen molar-refractivity contribution in [1.29, 1.82) is 0 Å². The second kappa shape index (κ2) is 5.47. The summed E-state index contributed by atoms with van der Waals surface area (Å²) in [6, 6.07) is 26.7. The van der Waals surface area contributed by atoms with Crippen LogP contribution in [0.5, 0.6) is 0 Å². The number of aromatic nitrogens is 1. The predicted octanol–water partition coefficient (Wildman–Crippen LogP) is 6.86. The molecule has 0 fully saturated rings. The maximum atomic E-state index is 2.43. The van der Waals surface area contributed by atoms with Gasteiger partial charge in [-0.25, -0.2) is 0 Å². The third-order valence-corrected chi connectivity index (χ3v) is 5.49. The zero-order valence-electron chi connectivity index (χ0n) is 15.4. The molecule has 0 aliphatic rings. The fourth-order valence-electron chi connectivity index (χ4n) is 4.17. The van der Waals surface area contributed by atoms with Gasteiger partial charge in [-0.3, -0.25) is 0 Å². The lowest BCUT2D eigenvalue weighted by atomic mass is 10.0. The molecule has 0 aliphatic heterocycles. The maximum absolute atomic E-state index is 2.43. The molecule has 0 saturated carbocycles. The lowest BCUT2D eigenvalue weighted by molar-refractivity contribution is 1.15. The van der Waals surface area contributed by atoms with E-state index in [2.05, 4.69) is 98.1 Å². The van der Waals surface area contributed by atoms with E-state index < -0.39 is 0 Å². The molecule has 0 unspecified atom stereocenters. The highest BCUT2D eigenvalue weighted by Gasteiger charge is 2.14. The monoisotopic (exact) mass is 335 g/mol. The van der Waals surface area contributed by atoms with E-state index in [1.165, 1.54) is 55.0 Å². The average molecular weight is 335 g/mol. The second-order valence-corrected chi connectivity index (χ2v) is 7.31. The molecule has 1 heterocycles.